The monoisotopic (exact) mass is 343 g/mol. The van der Waals surface area contributed by atoms with Gasteiger partial charge in [0.2, 0.25) is 5.91 Å². The van der Waals surface area contributed by atoms with E-state index in [4.69, 9.17) is 4.74 Å². The molecule has 0 bridgehead atoms. The zero-order chi connectivity index (χ0) is 17.4. The van der Waals surface area contributed by atoms with Crippen LogP contribution in [-0.2, 0) is 11.2 Å². The molecule has 0 heterocycles. The quantitative estimate of drug-likeness (QED) is 0.578. The van der Waals surface area contributed by atoms with Gasteiger partial charge in [-0.3, -0.25) is 4.79 Å². The van der Waals surface area contributed by atoms with Crippen molar-refractivity contribution < 1.29 is 9.53 Å². The first-order valence-corrected chi connectivity index (χ1v) is 9.16. The van der Waals surface area contributed by atoms with Gasteiger partial charge in [-0.25, -0.2) is 0 Å². The molecule has 0 aliphatic heterocycles. The Morgan fingerprint density at radius 3 is 2.54 bits per heavy atom. The van der Waals surface area contributed by atoms with Crippen molar-refractivity contribution in [2.75, 3.05) is 19.4 Å². The molecule has 0 saturated carbocycles. The van der Waals surface area contributed by atoms with E-state index >= 15 is 0 Å². The van der Waals surface area contributed by atoms with E-state index in [1.165, 1.54) is 28.5 Å². The Kier molecular flexibility index (Phi) is 7.19. The Hall–Kier alpha value is -1.94. The average Bonchev–Trinajstić information content (AvgIpc) is 2.59. The average molecular weight is 343 g/mol. The highest BCUT2D eigenvalue weighted by molar-refractivity contribution is 8.00. The molecular weight excluding hydrogens is 318 g/mol. The van der Waals surface area contributed by atoms with Crippen molar-refractivity contribution in [3.63, 3.8) is 0 Å². The zero-order valence-corrected chi connectivity index (χ0v) is 15.4. The molecule has 0 spiro atoms. The molecule has 0 aromatic heterocycles. The fourth-order valence-electron chi connectivity index (χ4n) is 2.50. The van der Waals surface area contributed by atoms with E-state index in [-0.39, 0.29) is 5.91 Å². The number of nitrogens with one attached hydrogen (secondary N) is 1. The van der Waals surface area contributed by atoms with Gasteiger partial charge >= 0.3 is 0 Å². The van der Waals surface area contributed by atoms with E-state index in [0.29, 0.717) is 5.75 Å². The molecule has 0 aliphatic carbocycles. The summed E-state index contributed by atoms with van der Waals surface area (Å²) < 4.78 is 5.12. The summed E-state index contributed by atoms with van der Waals surface area (Å²) in [5, 5.41) is 2.99. The van der Waals surface area contributed by atoms with Crippen molar-refractivity contribution in [3.8, 4) is 5.75 Å². The summed E-state index contributed by atoms with van der Waals surface area (Å²) in [6.07, 6.45) is 1.96. The molecule has 24 heavy (non-hydrogen) atoms. The van der Waals surface area contributed by atoms with Crippen molar-refractivity contribution in [1.29, 1.82) is 0 Å². The highest BCUT2D eigenvalue weighted by Crippen LogP contribution is 2.20. The van der Waals surface area contributed by atoms with Gasteiger partial charge in [-0.15, -0.1) is 11.8 Å². The van der Waals surface area contributed by atoms with Crippen LogP contribution in [0.25, 0.3) is 0 Å². The number of hydrogen-bond donors (Lipinski definition) is 1. The van der Waals surface area contributed by atoms with Gasteiger partial charge in [0.1, 0.15) is 5.75 Å². The molecule has 1 amide bonds. The van der Waals surface area contributed by atoms with E-state index in [2.05, 4.69) is 37.4 Å². The van der Waals surface area contributed by atoms with Gasteiger partial charge in [0.05, 0.1) is 12.9 Å². The van der Waals surface area contributed by atoms with Gasteiger partial charge in [-0.05, 0) is 62.1 Å². The molecule has 128 valence electrons. The fraction of sp³-hybridized carbons (Fsp3) is 0.350. The van der Waals surface area contributed by atoms with E-state index < -0.39 is 0 Å². The summed E-state index contributed by atoms with van der Waals surface area (Å²) in [6, 6.07) is 14.3. The second-order valence-corrected chi connectivity index (χ2v) is 6.90. The smallest absolute Gasteiger partial charge is 0.230 e. The first kappa shape index (κ1) is 18.4. The van der Waals surface area contributed by atoms with Crippen LogP contribution in [0.5, 0.6) is 5.75 Å². The first-order chi connectivity index (χ1) is 11.6. The molecule has 4 heteroatoms. The molecule has 2 aromatic rings. The molecule has 0 saturated heterocycles. The number of thioether (sulfide) groups is 1. The molecule has 3 nitrogen and oxygen atoms in total. The summed E-state index contributed by atoms with van der Waals surface area (Å²) in [5.41, 5.74) is 3.99. The molecule has 2 aromatic carbocycles. The molecule has 0 aliphatic rings. The number of methoxy groups -OCH3 is 1. The summed E-state index contributed by atoms with van der Waals surface area (Å²) in [5.74, 6) is 1.35. The van der Waals surface area contributed by atoms with Crippen molar-refractivity contribution in [2.24, 2.45) is 0 Å². The number of ether oxygens (including phenoxy) is 1. The number of carbonyl (C=O) groups excluding carboxylic acids is 1. The van der Waals surface area contributed by atoms with Crippen LogP contribution in [-0.4, -0.2) is 25.3 Å². The number of hydrogen-bond acceptors (Lipinski definition) is 3. The number of rotatable bonds is 8. The Morgan fingerprint density at radius 2 is 1.88 bits per heavy atom. The number of amides is 1. The Morgan fingerprint density at radius 1 is 1.12 bits per heavy atom. The second-order valence-electron chi connectivity index (χ2n) is 5.85. The topological polar surface area (TPSA) is 38.3 Å². The lowest BCUT2D eigenvalue weighted by atomic mass is 10.0. The highest BCUT2D eigenvalue weighted by atomic mass is 32.2. The Labute approximate surface area is 148 Å². The number of benzene rings is 2. The largest absolute Gasteiger partial charge is 0.497 e. The maximum atomic E-state index is 11.9. The van der Waals surface area contributed by atoms with E-state index in [9.17, 15) is 4.79 Å². The summed E-state index contributed by atoms with van der Waals surface area (Å²) in [6.45, 7) is 4.97. The van der Waals surface area contributed by atoms with Gasteiger partial charge in [-0.2, -0.15) is 0 Å². The Balaban J connectivity index is 1.65. The third-order valence-electron chi connectivity index (χ3n) is 3.87. The molecule has 0 fully saturated rings. The Bertz CT molecular complexity index is 668. The van der Waals surface area contributed by atoms with Gasteiger partial charge < -0.3 is 10.1 Å². The van der Waals surface area contributed by atoms with Crippen LogP contribution in [0, 0.1) is 13.8 Å². The summed E-state index contributed by atoms with van der Waals surface area (Å²) >= 11 is 1.54. The minimum absolute atomic E-state index is 0.0800. The summed E-state index contributed by atoms with van der Waals surface area (Å²) in [4.78, 5) is 13.0. The third kappa shape index (κ3) is 5.93. The first-order valence-electron chi connectivity index (χ1n) is 8.18. The van der Waals surface area contributed by atoms with Crippen molar-refractivity contribution in [2.45, 2.75) is 31.6 Å². The van der Waals surface area contributed by atoms with Crippen LogP contribution in [0.2, 0.25) is 0 Å². The number of aryl methyl sites for hydroxylation is 3. The summed E-state index contributed by atoms with van der Waals surface area (Å²) in [7, 11) is 1.65. The van der Waals surface area contributed by atoms with Crippen molar-refractivity contribution in [3.05, 3.63) is 59.2 Å². The predicted octanol–water partition coefficient (Wildman–Crippen LogP) is 4.15. The SMILES string of the molecule is COc1ccc(SCC(=O)NCCCc2ccc(C)cc2C)cc1. The predicted molar refractivity (Wildman–Crippen MR) is 101 cm³/mol. The van der Waals surface area contributed by atoms with Crippen molar-refractivity contribution in [1.82, 2.24) is 5.32 Å². The lowest BCUT2D eigenvalue weighted by molar-refractivity contribution is -0.118. The van der Waals surface area contributed by atoms with Crippen molar-refractivity contribution >= 4 is 17.7 Å². The van der Waals surface area contributed by atoms with Crippen LogP contribution in [0.15, 0.2) is 47.4 Å². The molecule has 2 rings (SSSR count). The lowest BCUT2D eigenvalue weighted by Crippen LogP contribution is -2.26. The van der Waals surface area contributed by atoms with E-state index in [1.54, 1.807) is 7.11 Å². The van der Waals surface area contributed by atoms with Crippen LogP contribution < -0.4 is 10.1 Å². The highest BCUT2D eigenvalue weighted by Gasteiger charge is 2.04. The van der Waals surface area contributed by atoms with Gasteiger partial charge in [-0.1, -0.05) is 23.8 Å². The van der Waals surface area contributed by atoms with Crippen LogP contribution in [0.1, 0.15) is 23.1 Å². The van der Waals surface area contributed by atoms with E-state index in [1.807, 2.05) is 24.3 Å². The van der Waals surface area contributed by atoms with E-state index in [0.717, 1.165) is 30.0 Å². The maximum absolute atomic E-state index is 11.9. The fourth-order valence-corrected chi connectivity index (χ4v) is 3.23. The minimum atomic E-state index is 0.0800. The molecular formula is C20H25NO2S. The van der Waals surface area contributed by atoms with Gasteiger partial charge in [0.25, 0.3) is 0 Å². The molecule has 0 unspecified atom stereocenters. The van der Waals surface area contributed by atoms with Gasteiger partial charge in [0, 0.05) is 11.4 Å². The number of carbonyl (C=O) groups is 1. The zero-order valence-electron chi connectivity index (χ0n) is 14.6. The van der Waals surface area contributed by atoms with Crippen LogP contribution >= 0.6 is 11.8 Å². The van der Waals surface area contributed by atoms with Crippen LogP contribution in [0.4, 0.5) is 0 Å². The molecule has 0 atom stereocenters. The molecule has 1 N–H and O–H groups in total. The van der Waals surface area contributed by atoms with Gasteiger partial charge in [0.15, 0.2) is 0 Å². The molecule has 0 radical (unpaired) electrons. The lowest BCUT2D eigenvalue weighted by Gasteiger charge is -2.08. The van der Waals surface area contributed by atoms with Crippen LogP contribution in [0.3, 0.4) is 0 Å². The third-order valence-corrected chi connectivity index (χ3v) is 4.88. The maximum Gasteiger partial charge on any atom is 0.230 e. The second kappa shape index (κ2) is 9.38. The normalized spacial score (nSPS) is 10.5. The standard InChI is InChI=1S/C20H25NO2S/c1-15-6-7-17(16(2)13-15)5-4-12-21-20(22)14-24-19-10-8-18(23-3)9-11-19/h6-11,13H,4-5,12,14H2,1-3H3,(H,21,22). The minimum Gasteiger partial charge on any atom is -0.497 e.